The molecule has 0 aliphatic carbocycles. The summed E-state index contributed by atoms with van der Waals surface area (Å²) in [5.74, 6) is 2.43. The third kappa shape index (κ3) is 4.99. The number of piperidine rings is 1. The normalized spacial score (nSPS) is 14.9. The summed E-state index contributed by atoms with van der Waals surface area (Å²) in [6.45, 7) is 3.24. The Morgan fingerprint density at radius 3 is 2.54 bits per heavy atom. The first-order valence-electron chi connectivity index (χ1n) is 13.7. The number of benzene rings is 2. The van der Waals surface area contributed by atoms with Gasteiger partial charge in [0.25, 0.3) is 0 Å². The third-order valence-electron chi connectivity index (χ3n) is 7.63. The molecule has 1 saturated heterocycles. The fourth-order valence-corrected chi connectivity index (χ4v) is 5.56. The van der Waals surface area contributed by atoms with Crippen LogP contribution in [-0.4, -0.2) is 53.7 Å². The van der Waals surface area contributed by atoms with Gasteiger partial charge in [0.15, 0.2) is 12.5 Å². The summed E-state index contributed by atoms with van der Waals surface area (Å²) in [4.78, 5) is 15.8. The molecule has 41 heavy (non-hydrogen) atoms. The smallest absolute Gasteiger partial charge is 0.234 e. The van der Waals surface area contributed by atoms with Gasteiger partial charge < -0.3 is 10.1 Å². The molecule has 2 aliphatic heterocycles. The molecule has 2 aliphatic rings. The zero-order valence-corrected chi connectivity index (χ0v) is 22.3. The lowest BCUT2D eigenvalue weighted by atomic mass is 10.0. The molecule has 10 heteroatoms. The number of imidazole rings is 1. The summed E-state index contributed by atoms with van der Waals surface area (Å²) in [6, 6.07) is 23.2. The molecule has 0 spiro atoms. The van der Waals surface area contributed by atoms with Gasteiger partial charge >= 0.3 is 0 Å². The predicted molar refractivity (Wildman–Crippen MR) is 153 cm³/mol. The van der Waals surface area contributed by atoms with Crippen LogP contribution >= 0.6 is 0 Å². The molecule has 5 heterocycles. The van der Waals surface area contributed by atoms with Crippen LogP contribution in [0.3, 0.4) is 0 Å². The summed E-state index contributed by atoms with van der Waals surface area (Å²) in [5.41, 5.74) is 6.20. The van der Waals surface area contributed by atoms with Gasteiger partial charge in [-0.25, -0.2) is 15.0 Å². The third-order valence-corrected chi connectivity index (χ3v) is 7.63. The van der Waals surface area contributed by atoms with Gasteiger partial charge in [0, 0.05) is 43.0 Å². The molecule has 0 atom stereocenters. The molecule has 7 rings (SSSR count). The van der Waals surface area contributed by atoms with Crippen LogP contribution in [0.1, 0.15) is 24.2 Å². The summed E-state index contributed by atoms with van der Waals surface area (Å²) < 4.78 is 8.12. The van der Waals surface area contributed by atoms with Gasteiger partial charge in [-0.3, -0.25) is 9.47 Å². The fourth-order valence-electron chi connectivity index (χ4n) is 5.56. The van der Waals surface area contributed by atoms with Gasteiger partial charge in [-0.15, -0.1) is 0 Å². The predicted octanol–water partition coefficient (Wildman–Crippen LogP) is 4.76. The number of nitrogens with one attached hydrogen (secondary N) is 1. The average molecular weight is 542 g/mol. The standard InChI is InChI=1S/C31H27N9O/c32-16-28-33-13-10-27(37-28)36-24-11-14-39(15-12-24)19-21-6-8-22(9-7-21)29-30(23-4-2-1-3-5-23)40-20-41-26-18-35-34-17-25(26)31(40)38-29/h1-10,13,17-18,24H,11-12,14-15,19-20H2,(H,33,36,37). The Labute approximate surface area is 237 Å². The van der Waals surface area contributed by atoms with Crippen molar-refractivity contribution < 1.29 is 4.74 Å². The van der Waals surface area contributed by atoms with Crippen LogP contribution in [0.25, 0.3) is 33.9 Å². The van der Waals surface area contributed by atoms with Crippen LogP contribution in [0.15, 0.2) is 79.3 Å². The van der Waals surface area contributed by atoms with Crippen molar-refractivity contribution in [2.45, 2.75) is 32.2 Å². The van der Waals surface area contributed by atoms with Crippen molar-refractivity contribution in [1.82, 2.24) is 34.6 Å². The van der Waals surface area contributed by atoms with E-state index in [-0.39, 0.29) is 5.82 Å². The number of aromatic nitrogens is 6. The van der Waals surface area contributed by atoms with Crippen molar-refractivity contribution >= 4 is 5.82 Å². The van der Waals surface area contributed by atoms with Crippen LogP contribution < -0.4 is 10.1 Å². The highest BCUT2D eigenvalue weighted by Gasteiger charge is 2.27. The lowest BCUT2D eigenvalue weighted by Gasteiger charge is -2.32. The highest BCUT2D eigenvalue weighted by molar-refractivity contribution is 5.83. The number of anilines is 1. The average Bonchev–Trinajstić information content (AvgIpc) is 3.43. The lowest BCUT2D eigenvalue weighted by molar-refractivity contribution is 0.211. The Hall–Kier alpha value is -5.14. The topological polar surface area (TPSA) is 118 Å². The van der Waals surface area contributed by atoms with Crippen molar-refractivity contribution in [3.63, 3.8) is 0 Å². The maximum absolute atomic E-state index is 9.04. The molecule has 202 valence electrons. The van der Waals surface area contributed by atoms with E-state index < -0.39 is 0 Å². The number of rotatable bonds is 6. The highest BCUT2D eigenvalue weighted by atomic mass is 16.5. The van der Waals surface area contributed by atoms with Crippen LogP contribution in [0.2, 0.25) is 0 Å². The minimum atomic E-state index is 0.190. The van der Waals surface area contributed by atoms with Crippen LogP contribution in [0.5, 0.6) is 5.75 Å². The van der Waals surface area contributed by atoms with Crippen molar-refractivity contribution in [3.05, 3.63) is 90.6 Å². The molecular formula is C31H27N9O. The fraction of sp³-hybridized carbons (Fsp3) is 0.226. The Morgan fingerprint density at radius 1 is 0.927 bits per heavy atom. The second kappa shape index (κ2) is 10.8. The van der Waals surface area contributed by atoms with Gasteiger partial charge in [-0.2, -0.15) is 15.5 Å². The first-order chi connectivity index (χ1) is 20.2. The van der Waals surface area contributed by atoms with Crippen molar-refractivity contribution in [2.24, 2.45) is 0 Å². The molecule has 0 bridgehead atoms. The van der Waals surface area contributed by atoms with E-state index in [0.29, 0.717) is 24.3 Å². The van der Waals surface area contributed by atoms with E-state index in [0.717, 1.165) is 66.4 Å². The number of hydrogen-bond acceptors (Lipinski definition) is 9. The maximum Gasteiger partial charge on any atom is 0.234 e. The minimum Gasteiger partial charge on any atom is -0.470 e. The quantitative estimate of drug-likeness (QED) is 0.325. The molecule has 10 nitrogen and oxygen atoms in total. The van der Waals surface area contributed by atoms with Crippen molar-refractivity contribution in [3.8, 4) is 45.7 Å². The molecule has 3 aromatic heterocycles. The lowest BCUT2D eigenvalue weighted by Crippen LogP contribution is -2.38. The van der Waals surface area contributed by atoms with Gasteiger partial charge in [0.05, 0.1) is 29.3 Å². The number of ether oxygens (including phenoxy) is 1. The van der Waals surface area contributed by atoms with E-state index in [4.69, 9.17) is 15.0 Å². The van der Waals surface area contributed by atoms with Crippen LogP contribution in [0, 0.1) is 11.3 Å². The van der Waals surface area contributed by atoms with E-state index >= 15 is 0 Å². The minimum absolute atomic E-state index is 0.190. The van der Waals surface area contributed by atoms with Gasteiger partial charge in [0.2, 0.25) is 5.82 Å². The molecule has 0 radical (unpaired) electrons. The van der Waals surface area contributed by atoms with Crippen LogP contribution in [-0.2, 0) is 13.3 Å². The summed E-state index contributed by atoms with van der Waals surface area (Å²) >= 11 is 0. The number of nitrogens with zero attached hydrogens (tertiary/aromatic N) is 8. The van der Waals surface area contributed by atoms with Gasteiger partial charge in [-0.05, 0) is 24.5 Å². The van der Waals surface area contributed by atoms with Gasteiger partial charge in [-0.1, -0.05) is 54.6 Å². The monoisotopic (exact) mass is 541 g/mol. The molecule has 2 aromatic carbocycles. The zero-order chi connectivity index (χ0) is 27.6. The number of nitriles is 1. The zero-order valence-electron chi connectivity index (χ0n) is 22.3. The molecular weight excluding hydrogens is 514 g/mol. The Bertz CT molecular complexity index is 1720. The van der Waals surface area contributed by atoms with E-state index in [1.807, 2.05) is 30.3 Å². The molecule has 1 N–H and O–H groups in total. The Balaban J connectivity index is 1.08. The highest BCUT2D eigenvalue weighted by Crippen LogP contribution is 2.40. The van der Waals surface area contributed by atoms with Crippen molar-refractivity contribution in [1.29, 1.82) is 5.26 Å². The van der Waals surface area contributed by atoms with E-state index in [1.165, 1.54) is 5.56 Å². The summed E-state index contributed by atoms with van der Waals surface area (Å²) in [7, 11) is 0. The number of likely N-dealkylation sites (tertiary alicyclic amines) is 1. The Kier molecular flexibility index (Phi) is 6.55. The maximum atomic E-state index is 9.04. The van der Waals surface area contributed by atoms with Crippen LogP contribution in [0.4, 0.5) is 5.82 Å². The van der Waals surface area contributed by atoms with E-state index in [9.17, 15) is 0 Å². The van der Waals surface area contributed by atoms with E-state index in [1.54, 1.807) is 18.6 Å². The first-order valence-corrected chi connectivity index (χ1v) is 13.7. The molecule has 5 aromatic rings. The number of hydrogen-bond donors (Lipinski definition) is 1. The SMILES string of the molecule is N#Cc1nccc(NC2CCN(Cc3ccc(-c4nc5n(c4-c4ccccc4)COc4cnncc4-5)cc3)CC2)n1. The molecule has 0 amide bonds. The summed E-state index contributed by atoms with van der Waals surface area (Å²) in [6.07, 6.45) is 7.00. The molecule has 0 unspecified atom stereocenters. The largest absolute Gasteiger partial charge is 0.470 e. The second-order valence-electron chi connectivity index (χ2n) is 10.2. The van der Waals surface area contributed by atoms with Gasteiger partial charge in [0.1, 0.15) is 17.7 Å². The number of fused-ring (bicyclic) bond motifs is 3. The first kappa shape index (κ1) is 24.9. The van der Waals surface area contributed by atoms with E-state index in [2.05, 4.69) is 71.3 Å². The Morgan fingerprint density at radius 2 is 1.73 bits per heavy atom. The molecule has 0 saturated carbocycles. The second-order valence-corrected chi connectivity index (χ2v) is 10.2. The summed E-state index contributed by atoms with van der Waals surface area (Å²) in [5, 5.41) is 20.5. The van der Waals surface area contributed by atoms with Crippen molar-refractivity contribution in [2.75, 3.05) is 18.4 Å². The molecule has 1 fully saturated rings.